The fraction of sp³-hybridized carbons (Fsp3) is 0.227. The molecular weight excluding hydrogens is 386 g/mol. The SMILES string of the molecule is CCc1ccccc1NC(=O)CNC(=O)c1ccc(OCc2csc(C)n2)cc1. The highest BCUT2D eigenvalue weighted by atomic mass is 32.1. The quantitative estimate of drug-likeness (QED) is 0.590. The molecule has 1 heterocycles. The number of para-hydroxylation sites is 1. The van der Waals surface area contributed by atoms with Crippen LogP contribution in [0.1, 0.15) is 33.5 Å². The van der Waals surface area contributed by atoms with Crippen molar-refractivity contribution in [1.29, 1.82) is 0 Å². The summed E-state index contributed by atoms with van der Waals surface area (Å²) in [6.45, 7) is 4.26. The topological polar surface area (TPSA) is 80.3 Å². The van der Waals surface area contributed by atoms with Crippen molar-refractivity contribution >= 4 is 28.8 Å². The van der Waals surface area contributed by atoms with Crippen molar-refractivity contribution in [3.8, 4) is 5.75 Å². The zero-order chi connectivity index (χ0) is 20.6. The number of thiazole rings is 1. The number of carbonyl (C=O) groups is 2. The maximum absolute atomic E-state index is 12.3. The second-order valence-corrected chi connectivity index (χ2v) is 7.47. The van der Waals surface area contributed by atoms with Crippen LogP contribution in [-0.4, -0.2) is 23.3 Å². The zero-order valence-electron chi connectivity index (χ0n) is 16.4. The lowest BCUT2D eigenvalue weighted by molar-refractivity contribution is -0.115. The Kier molecular flexibility index (Phi) is 6.97. The molecule has 0 aliphatic carbocycles. The summed E-state index contributed by atoms with van der Waals surface area (Å²) in [6, 6.07) is 14.4. The smallest absolute Gasteiger partial charge is 0.251 e. The van der Waals surface area contributed by atoms with Gasteiger partial charge in [-0.05, 0) is 49.2 Å². The summed E-state index contributed by atoms with van der Waals surface area (Å²) in [4.78, 5) is 28.8. The number of hydrogen-bond donors (Lipinski definition) is 2. The molecular formula is C22H23N3O3S. The van der Waals surface area contributed by atoms with Crippen LogP contribution in [0.2, 0.25) is 0 Å². The first-order valence-corrected chi connectivity index (χ1v) is 10.2. The van der Waals surface area contributed by atoms with Crippen LogP contribution >= 0.6 is 11.3 Å². The monoisotopic (exact) mass is 409 g/mol. The number of anilines is 1. The Morgan fingerprint density at radius 2 is 1.86 bits per heavy atom. The Balaban J connectivity index is 1.48. The summed E-state index contributed by atoms with van der Waals surface area (Å²) < 4.78 is 5.67. The van der Waals surface area contributed by atoms with Gasteiger partial charge in [0.1, 0.15) is 12.4 Å². The number of benzene rings is 2. The van der Waals surface area contributed by atoms with Gasteiger partial charge < -0.3 is 15.4 Å². The molecule has 0 fully saturated rings. The lowest BCUT2D eigenvalue weighted by Gasteiger charge is -2.10. The molecule has 0 aliphatic rings. The first-order valence-electron chi connectivity index (χ1n) is 9.35. The van der Waals surface area contributed by atoms with Gasteiger partial charge in [-0.2, -0.15) is 0 Å². The molecule has 6 nitrogen and oxygen atoms in total. The number of aryl methyl sites for hydroxylation is 2. The second-order valence-electron chi connectivity index (χ2n) is 6.41. The van der Waals surface area contributed by atoms with Gasteiger partial charge in [0.2, 0.25) is 5.91 Å². The Morgan fingerprint density at radius 3 is 2.55 bits per heavy atom. The van der Waals surface area contributed by atoms with Gasteiger partial charge in [-0.3, -0.25) is 9.59 Å². The zero-order valence-corrected chi connectivity index (χ0v) is 17.2. The number of ether oxygens (including phenoxy) is 1. The standard InChI is InChI=1S/C22H23N3O3S/c1-3-16-6-4-5-7-20(16)25-21(26)12-23-22(27)17-8-10-19(11-9-17)28-13-18-14-29-15(2)24-18/h4-11,14H,3,12-13H2,1-2H3,(H,23,27)(H,25,26). The summed E-state index contributed by atoms with van der Waals surface area (Å²) in [6.07, 6.45) is 0.819. The predicted molar refractivity (Wildman–Crippen MR) is 114 cm³/mol. The maximum atomic E-state index is 12.3. The van der Waals surface area contributed by atoms with E-state index in [-0.39, 0.29) is 18.4 Å². The second kappa shape index (κ2) is 9.84. The third kappa shape index (κ3) is 5.89. The molecule has 0 saturated heterocycles. The molecule has 0 saturated carbocycles. The van der Waals surface area contributed by atoms with Crippen molar-refractivity contribution in [2.75, 3.05) is 11.9 Å². The largest absolute Gasteiger partial charge is 0.487 e. The minimum Gasteiger partial charge on any atom is -0.487 e. The molecule has 0 spiro atoms. The number of nitrogens with zero attached hydrogens (tertiary/aromatic N) is 1. The first kappa shape index (κ1) is 20.5. The van der Waals surface area contributed by atoms with Gasteiger partial charge in [0, 0.05) is 16.6 Å². The molecule has 2 aromatic carbocycles. The Labute approximate surface area is 173 Å². The fourth-order valence-corrected chi connectivity index (χ4v) is 3.34. The summed E-state index contributed by atoms with van der Waals surface area (Å²) >= 11 is 1.58. The fourth-order valence-electron chi connectivity index (χ4n) is 2.74. The lowest BCUT2D eigenvalue weighted by Crippen LogP contribution is -2.33. The van der Waals surface area contributed by atoms with E-state index in [2.05, 4.69) is 15.6 Å². The van der Waals surface area contributed by atoms with Gasteiger partial charge in [-0.25, -0.2) is 4.98 Å². The van der Waals surface area contributed by atoms with Crippen LogP contribution in [0.5, 0.6) is 5.75 Å². The Morgan fingerprint density at radius 1 is 1.10 bits per heavy atom. The molecule has 1 aromatic heterocycles. The minimum atomic E-state index is -0.314. The predicted octanol–water partition coefficient (Wildman–Crippen LogP) is 3.96. The maximum Gasteiger partial charge on any atom is 0.251 e. The normalized spacial score (nSPS) is 10.4. The van der Waals surface area contributed by atoms with Gasteiger partial charge >= 0.3 is 0 Å². The van der Waals surface area contributed by atoms with E-state index in [1.165, 1.54) is 0 Å². The lowest BCUT2D eigenvalue weighted by atomic mass is 10.1. The van der Waals surface area contributed by atoms with Gasteiger partial charge in [0.25, 0.3) is 5.91 Å². The molecule has 0 unspecified atom stereocenters. The highest BCUT2D eigenvalue weighted by Gasteiger charge is 2.10. The van der Waals surface area contributed by atoms with Crippen molar-refractivity contribution in [3.05, 3.63) is 75.7 Å². The van der Waals surface area contributed by atoms with E-state index >= 15 is 0 Å². The van der Waals surface area contributed by atoms with Gasteiger partial charge in [0.05, 0.1) is 17.2 Å². The highest BCUT2D eigenvalue weighted by molar-refractivity contribution is 7.09. The van der Waals surface area contributed by atoms with Crippen LogP contribution in [0.4, 0.5) is 5.69 Å². The molecule has 2 N–H and O–H groups in total. The first-order chi connectivity index (χ1) is 14.0. The van der Waals surface area contributed by atoms with Gasteiger partial charge in [-0.15, -0.1) is 11.3 Å². The van der Waals surface area contributed by atoms with Crippen LogP contribution in [-0.2, 0) is 17.8 Å². The number of amides is 2. The summed E-state index contributed by atoms with van der Waals surface area (Å²) in [5.41, 5.74) is 3.16. The molecule has 0 atom stereocenters. The average Bonchev–Trinajstić information content (AvgIpc) is 3.16. The Bertz CT molecular complexity index is 983. The number of aromatic nitrogens is 1. The minimum absolute atomic E-state index is 0.0989. The van der Waals surface area contributed by atoms with Crippen LogP contribution in [0, 0.1) is 6.92 Å². The van der Waals surface area contributed by atoms with Crippen molar-refractivity contribution in [1.82, 2.24) is 10.3 Å². The van der Waals surface area contributed by atoms with Crippen molar-refractivity contribution in [3.63, 3.8) is 0 Å². The molecule has 7 heteroatoms. The van der Waals surface area contributed by atoms with Crippen molar-refractivity contribution in [2.24, 2.45) is 0 Å². The third-order valence-electron chi connectivity index (χ3n) is 4.25. The van der Waals surface area contributed by atoms with E-state index in [0.29, 0.717) is 17.9 Å². The number of rotatable bonds is 8. The van der Waals surface area contributed by atoms with E-state index in [1.54, 1.807) is 35.6 Å². The third-order valence-corrected chi connectivity index (χ3v) is 5.07. The molecule has 150 valence electrons. The summed E-state index contributed by atoms with van der Waals surface area (Å²) in [5, 5.41) is 8.43. The summed E-state index contributed by atoms with van der Waals surface area (Å²) in [5.74, 6) is 0.0736. The Hall–Kier alpha value is -3.19. The van der Waals surface area contributed by atoms with E-state index in [1.807, 2.05) is 43.5 Å². The van der Waals surface area contributed by atoms with Crippen LogP contribution in [0.25, 0.3) is 0 Å². The van der Waals surface area contributed by atoms with Crippen LogP contribution < -0.4 is 15.4 Å². The molecule has 0 radical (unpaired) electrons. The summed E-state index contributed by atoms with van der Waals surface area (Å²) in [7, 11) is 0. The number of carbonyl (C=O) groups excluding carboxylic acids is 2. The van der Waals surface area contributed by atoms with E-state index < -0.39 is 0 Å². The van der Waals surface area contributed by atoms with E-state index in [0.717, 1.165) is 28.4 Å². The number of hydrogen-bond acceptors (Lipinski definition) is 5. The molecule has 3 aromatic rings. The average molecular weight is 410 g/mol. The van der Waals surface area contributed by atoms with Crippen molar-refractivity contribution in [2.45, 2.75) is 26.9 Å². The molecule has 0 aliphatic heterocycles. The van der Waals surface area contributed by atoms with E-state index in [4.69, 9.17) is 4.74 Å². The molecule has 3 rings (SSSR count). The van der Waals surface area contributed by atoms with Gasteiger partial charge in [0.15, 0.2) is 0 Å². The molecule has 0 bridgehead atoms. The molecule has 2 amide bonds. The van der Waals surface area contributed by atoms with Crippen LogP contribution in [0.15, 0.2) is 53.9 Å². The van der Waals surface area contributed by atoms with Crippen molar-refractivity contribution < 1.29 is 14.3 Å². The van der Waals surface area contributed by atoms with Crippen LogP contribution in [0.3, 0.4) is 0 Å². The van der Waals surface area contributed by atoms with E-state index in [9.17, 15) is 9.59 Å². The highest BCUT2D eigenvalue weighted by Crippen LogP contribution is 2.16. The molecule has 29 heavy (non-hydrogen) atoms. The van der Waals surface area contributed by atoms with Gasteiger partial charge in [-0.1, -0.05) is 25.1 Å². The number of nitrogens with one attached hydrogen (secondary N) is 2.